The molecule has 0 aromatic rings. The van der Waals surface area contributed by atoms with Crippen molar-refractivity contribution >= 4 is 19.8 Å². The summed E-state index contributed by atoms with van der Waals surface area (Å²) < 4.78 is 34.8. The predicted octanol–water partition coefficient (Wildman–Crippen LogP) is 23.5. The molecule has 0 aromatic heterocycles. The summed E-state index contributed by atoms with van der Waals surface area (Å²) in [5.74, 6) is -0.772. The van der Waals surface area contributed by atoms with Crippen LogP contribution in [0, 0.1) is 0 Å². The number of unbranched alkanes of at least 4 members (excludes halogenated alkanes) is 53. The zero-order valence-electron chi connectivity index (χ0n) is 55.8. The van der Waals surface area contributed by atoms with Gasteiger partial charge in [-0.25, -0.2) is 4.57 Å². The maximum atomic E-state index is 12.9. The van der Waals surface area contributed by atoms with E-state index in [1.807, 2.05) is 21.1 Å². The van der Waals surface area contributed by atoms with E-state index in [4.69, 9.17) is 18.5 Å². The number of likely N-dealkylation sites (N-methyl/N-ethyl adjacent to an activating group) is 1. The minimum absolute atomic E-state index is 0.0361. The Hall–Kier alpha value is -1.25. The zero-order chi connectivity index (χ0) is 59.8. The van der Waals surface area contributed by atoms with Gasteiger partial charge in [0.1, 0.15) is 19.8 Å². The Balaban J connectivity index is 3.94. The Morgan fingerprint density at radius 3 is 0.902 bits per heavy atom. The number of quaternary nitrogens is 1. The highest BCUT2D eigenvalue weighted by atomic mass is 31.2. The molecule has 0 aliphatic carbocycles. The highest BCUT2D eigenvalue weighted by Crippen LogP contribution is 2.43. The van der Waals surface area contributed by atoms with Crippen LogP contribution in [0.4, 0.5) is 0 Å². The summed E-state index contributed by atoms with van der Waals surface area (Å²) in [6, 6.07) is 0. The molecule has 9 nitrogen and oxygen atoms in total. The maximum Gasteiger partial charge on any atom is 0.472 e. The fraction of sp³-hybridized carbons (Fsp3) is 0.944. The molecule has 488 valence electrons. The van der Waals surface area contributed by atoms with Crippen LogP contribution >= 0.6 is 7.82 Å². The Morgan fingerprint density at radius 2 is 0.622 bits per heavy atom. The first kappa shape index (κ1) is 80.8. The lowest BCUT2D eigenvalue weighted by atomic mass is 10.0. The second-order valence-corrected chi connectivity index (χ2v) is 27.8. The molecule has 10 heteroatoms. The van der Waals surface area contributed by atoms with Crippen molar-refractivity contribution in [1.82, 2.24) is 0 Å². The van der Waals surface area contributed by atoms with E-state index in [1.54, 1.807) is 0 Å². The van der Waals surface area contributed by atoms with E-state index in [9.17, 15) is 19.0 Å². The first-order valence-electron chi connectivity index (χ1n) is 36.4. The number of nitrogens with zero attached hydrogens (tertiary/aromatic N) is 1. The molecular weight excluding hydrogens is 1040 g/mol. The second-order valence-electron chi connectivity index (χ2n) is 26.3. The number of ether oxygens (including phenoxy) is 2. The Morgan fingerprint density at radius 1 is 0.366 bits per heavy atom. The van der Waals surface area contributed by atoms with Gasteiger partial charge in [0.25, 0.3) is 0 Å². The monoisotopic (exact) mass is 1180 g/mol. The highest BCUT2D eigenvalue weighted by molar-refractivity contribution is 7.47. The lowest BCUT2D eigenvalue weighted by molar-refractivity contribution is -0.870. The van der Waals surface area contributed by atoms with Crippen LogP contribution in [0.15, 0.2) is 12.2 Å². The smallest absolute Gasteiger partial charge is 0.462 e. The number of esters is 2. The van der Waals surface area contributed by atoms with Gasteiger partial charge in [-0.15, -0.1) is 0 Å². The average Bonchev–Trinajstić information content (AvgIpc) is 3.46. The van der Waals surface area contributed by atoms with Gasteiger partial charge in [0.15, 0.2) is 6.10 Å². The fourth-order valence-electron chi connectivity index (χ4n) is 11.2. The van der Waals surface area contributed by atoms with Gasteiger partial charge in [-0.3, -0.25) is 18.6 Å². The van der Waals surface area contributed by atoms with E-state index in [0.717, 1.165) is 32.1 Å². The van der Waals surface area contributed by atoms with Crippen molar-refractivity contribution in [1.29, 1.82) is 0 Å². The molecule has 2 unspecified atom stereocenters. The van der Waals surface area contributed by atoms with Gasteiger partial charge in [0.05, 0.1) is 27.7 Å². The SMILES string of the molecule is CCCCCCCCCC/C=C\CCCCCCCCCCCCCCCC(=O)OC(COC(=O)CCCCCCCCCCCCCCCCCCCCCCCCCCCCCCCCCCC)COP(=O)(O)OCC[N+](C)(C)C. The van der Waals surface area contributed by atoms with Gasteiger partial charge < -0.3 is 18.9 Å². The van der Waals surface area contributed by atoms with Crippen LogP contribution in [0.2, 0.25) is 0 Å². The Kier molecular flexibility index (Phi) is 63.3. The van der Waals surface area contributed by atoms with E-state index in [1.165, 1.54) is 321 Å². The van der Waals surface area contributed by atoms with Crippen LogP contribution in [0.5, 0.6) is 0 Å². The molecule has 0 rings (SSSR count). The first-order chi connectivity index (χ1) is 40.0. The molecule has 0 bridgehead atoms. The van der Waals surface area contributed by atoms with Crippen molar-refractivity contribution < 1.29 is 42.1 Å². The van der Waals surface area contributed by atoms with Crippen LogP contribution in [-0.2, 0) is 32.7 Å². The quantitative estimate of drug-likeness (QED) is 0.0211. The van der Waals surface area contributed by atoms with Gasteiger partial charge in [0.2, 0.25) is 0 Å². The topological polar surface area (TPSA) is 108 Å². The van der Waals surface area contributed by atoms with E-state index in [2.05, 4.69) is 26.0 Å². The maximum absolute atomic E-state index is 12.9. The van der Waals surface area contributed by atoms with E-state index >= 15 is 0 Å². The third kappa shape index (κ3) is 67.9. The van der Waals surface area contributed by atoms with E-state index in [-0.39, 0.29) is 25.6 Å². The summed E-state index contributed by atoms with van der Waals surface area (Å²) in [7, 11) is 1.50. The molecule has 0 aromatic carbocycles. The fourth-order valence-corrected chi connectivity index (χ4v) is 11.9. The van der Waals surface area contributed by atoms with Crippen LogP contribution in [0.1, 0.15) is 386 Å². The summed E-state index contributed by atoms with van der Waals surface area (Å²) in [6.07, 6.45) is 79.1. The number of hydrogen-bond donors (Lipinski definition) is 1. The van der Waals surface area contributed by atoms with Gasteiger partial charge in [-0.1, -0.05) is 347 Å². The lowest BCUT2D eigenvalue weighted by Gasteiger charge is -2.24. The van der Waals surface area contributed by atoms with Crippen LogP contribution in [0.3, 0.4) is 0 Å². The minimum Gasteiger partial charge on any atom is -0.462 e. The summed E-state index contributed by atoms with van der Waals surface area (Å²) in [5.41, 5.74) is 0. The molecule has 0 heterocycles. The summed E-state index contributed by atoms with van der Waals surface area (Å²) in [6.45, 7) is 4.52. The van der Waals surface area contributed by atoms with Crippen molar-refractivity contribution in [3.63, 3.8) is 0 Å². The summed E-state index contributed by atoms with van der Waals surface area (Å²) >= 11 is 0. The van der Waals surface area contributed by atoms with Crippen LogP contribution in [0.25, 0.3) is 0 Å². The number of rotatable bonds is 69. The third-order valence-corrected chi connectivity index (χ3v) is 17.8. The molecule has 0 aliphatic heterocycles. The van der Waals surface area contributed by atoms with Gasteiger partial charge in [-0.05, 0) is 38.5 Å². The molecule has 0 saturated heterocycles. The van der Waals surface area contributed by atoms with Crippen LogP contribution in [-0.4, -0.2) is 74.9 Å². The number of phosphoric acid groups is 1. The standard InChI is InChI=1S/C72H142NO8P/c1-6-8-10-12-14-16-18-20-22-24-26-28-30-32-33-34-35-36-37-38-39-41-42-44-46-48-50-52-54-56-58-60-62-64-71(74)78-68-70(69-80-82(76,77)79-67-66-73(3,4)5)81-72(75)65-63-61-59-57-55-53-51-49-47-45-43-40-31-29-27-25-23-21-19-17-15-13-11-9-7-2/h25,27,70H,6-24,26,28-69H2,1-5H3/p+1/b27-25-. The van der Waals surface area contributed by atoms with Gasteiger partial charge >= 0.3 is 19.8 Å². The lowest BCUT2D eigenvalue weighted by Crippen LogP contribution is -2.37. The Labute approximate surface area is 511 Å². The molecule has 0 saturated carbocycles. The van der Waals surface area contributed by atoms with Crippen LogP contribution < -0.4 is 0 Å². The number of carbonyl (C=O) groups excluding carboxylic acids is 2. The highest BCUT2D eigenvalue weighted by Gasteiger charge is 2.27. The van der Waals surface area contributed by atoms with Crippen molar-refractivity contribution in [2.45, 2.75) is 392 Å². The Bertz CT molecular complexity index is 1390. The van der Waals surface area contributed by atoms with Crippen molar-refractivity contribution in [2.75, 3.05) is 47.5 Å². The minimum atomic E-state index is -4.39. The molecule has 0 spiro atoms. The van der Waals surface area contributed by atoms with Gasteiger partial charge in [0, 0.05) is 12.8 Å². The molecular formula is C72H143NO8P+. The molecule has 1 N–H and O–H groups in total. The zero-order valence-corrected chi connectivity index (χ0v) is 56.7. The average molecular weight is 1180 g/mol. The summed E-state index contributed by atoms with van der Waals surface area (Å²) in [4.78, 5) is 35.9. The number of hydrogen-bond acceptors (Lipinski definition) is 7. The van der Waals surface area contributed by atoms with Crippen molar-refractivity contribution in [3.05, 3.63) is 12.2 Å². The normalized spacial score (nSPS) is 13.1. The molecule has 82 heavy (non-hydrogen) atoms. The first-order valence-corrected chi connectivity index (χ1v) is 37.9. The molecule has 2 atom stereocenters. The largest absolute Gasteiger partial charge is 0.472 e. The predicted molar refractivity (Wildman–Crippen MR) is 354 cm³/mol. The second kappa shape index (κ2) is 64.2. The number of phosphoric ester groups is 1. The number of allylic oxidation sites excluding steroid dienone is 2. The third-order valence-electron chi connectivity index (χ3n) is 16.8. The molecule has 0 aliphatic rings. The summed E-state index contributed by atoms with van der Waals surface area (Å²) in [5, 5.41) is 0. The molecule has 0 amide bonds. The van der Waals surface area contributed by atoms with Crippen molar-refractivity contribution in [2.24, 2.45) is 0 Å². The van der Waals surface area contributed by atoms with Gasteiger partial charge in [-0.2, -0.15) is 0 Å². The van der Waals surface area contributed by atoms with E-state index in [0.29, 0.717) is 23.9 Å². The van der Waals surface area contributed by atoms with E-state index < -0.39 is 26.5 Å². The molecule has 0 radical (unpaired) electrons. The number of carbonyl (C=O) groups is 2. The molecule has 0 fully saturated rings. The van der Waals surface area contributed by atoms with Crippen molar-refractivity contribution in [3.8, 4) is 0 Å².